The number of nitrogens with zero attached hydrogens (tertiary/aromatic N) is 2. The number of halogens is 5. The summed E-state index contributed by atoms with van der Waals surface area (Å²) in [6.45, 7) is 1.67. The Morgan fingerprint density at radius 3 is 2.67 bits per heavy atom. The zero-order chi connectivity index (χ0) is 21.6. The van der Waals surface area contributed by atoms with Crippen LogP contribution in [0.1, 0.15) is 15.9 Å². The molecule has 0 aliphatic carbocycles. The van der Waals surface area contributed by atoms with E-state index in [1.54, 1.807) is 13.0 Å². The summed E-state index contributed by atoms with van der Waals surface area (Å²) in [6, 6.07) is 5.95. The van der Waals surface area contributed by atoms with Crippen LogP contribution in [0.4, 0.5) is 18.9 Å². The molecule has 4 rings (SSSR count). The van der Waals surface area contributed by atoms with Gasteiger partial charge in [-0.1, -0.05) is 23.2 Å². The number of fused-ring (bicyclic) bond motifs is 1. The predicted molar refractivity (Wildman–Crippen MR) is 112 cm³/mol. The molecule has 0 aliphatic rings. The van der Waals surface area contributed by atoms with Crippen LogP contribution in [0.2, 0.25) is 10.0 Å². The zero-order valence-corrected chi connectivity index (χ0v) is 17.4. The SMILES string of the molecule is Cc1c(NC(=O)c2ccc(F)c(F)c2Cl)cc(F)cc1-c1nc2ncc(Cl)cc2s1. The molecule has 30 heavy (non-hydrogen) atoms. The van der Waals surface area contributed by atoms with E-state index in [0.29, 0.717) is 26.8 Å². The summed E-state index contributed by atoms with van der Waals surface area (Å²) in [5, 5.41) is 2.77. The smallest absolute Gasteiger partial charge is 0.257 e. The topological polar surface area (TPSA) is 54.9 Å². The number of nitrogens with one attached hydrogen (secondary N) is 1. The minimum Gasteiger partial charge on any atom is -0.322 e. The Labute approximate surface area is 182 Å². The number of benzene rings is 2. The highest BCUT2D eigenvalue weighted by Crippen LogP contribution is 2.36. The van der Waals surface area contributed by atoms with Gasteiger partial charge < -0.3 is 5.32 Å². The molecule has 10 heteroatoms. The molecule has 2 aromatic heterocycles. The van der Waals surface area contributed by atoms with Gasteiger partial charge in [-0.15, -0.1) is 11.3 Å². The van der Waals surface area contributed by atoms with Gasteiger partial charge in [0.15, 0.2) is 17.3 Å². The molecule has 4 nitrogen and oxygen atoms in total. The molecule has 0 saturated heterocycles. The molecule has 0 atom stereocenters. The van der Waals surface area contributed by atoms with Crippen LogP contribution in [-0.2, 0) is 0 Å². The second kappa shape index (κ2) is 7.86. The molecule has 0 fully saturated rings. The standard InChI is InChI=1S/C20H10Cl2F3N3OS/c1-8-12(20-28-18-15(30-20)4-9(21)7-26-18)5-10(23)6-14(8)27-19(29)11-2-3-13(24)17(25)16(11)22/h2-7H,1H3,(H,27,29). The maximum Gasteiger partial charge on any atom is 0.257 e. The van der Waals surface area contributed by atoms with Crippen LogP contribution in [0.15, 0.2) is 36.5 Å². The Bertz CT molecular complexity index is 1330. The average molecular weight is 468 g/mol. The highest BCUT2D eigenvalue weighted by molar-refractivity contribution is 7.21. The number of rotatable bonds is 3. The van der Waals surface area contributed by atoms with Gasteiger partial charge in [-0.3, -0.25) is 4.79 Å². The molecule has 0 saturated carbocycles. The summed E-state index contributed by atoms with van der Waals surface area (Å²) in [6.07, 6.45) is 1.46. The Balaban J connectivity index is 1.74. The van der Waals surface area contributed by atoms with Gasteiger partial charge in [-0.25, -0.2) is 23.1 Å². The van der Waals surface area contributed by atoms with Crippen LogP contribution in [-0.4, -0.2) is 15.9 Å². The molecule has 0 aliphatic heterocycles. The normalized spacial score (nSPS) is 11.1. The number of hydrogen-bond donors (Lipinski definition) is 1. The van der Waals surface area contributed by atoms with Crippen molar-refractivity contribution in [1.82, 2.24) is 9.97 Å². The quantitative estimate of drug-likeness (QED) is 0.343. The molecule has 2 heterocycles. The van der Waals surface area contributed by atoms with Gasteiger partial charge in [0.1, 0.15) is 10.8 Å². The Morgan fingerprint density at radius 2 is 1.90 bits per heavy atom. The van der Waals surface area contributed by atoms with Crippen LogP contribution >= 0.6 is 34.5 Å². The van der Waals surface area contributed by atoms with E-state index in [1.807, 2.05) is 0 Å². The molecule has 4 aromatic rings. The molecular formula is C20H10Cl2F3N3OS. The number of anilines is 1. The van der Waals surface area contributed by atoms with Gasteiger partial charge in [0.2, 0.25) is 0 Å². The lowest BCUT2D eigenvalue weighted by atomic mass is 10.1. The van der Waals surface area contributed by atoms with E-state index in [0.717, 1.165) is 22.9 Å². The van der Waals surface area contributed by atoms with Gasteiger partial charge in [0.05, 0.1) is 20.3 Å². The molecular weight excluding hydrogens is 458 g/mol. The lowest BCUT2D eigenvalue weighted by Gasteiger charge is -2.13. The number of hydrogen-bond acceptors (Lipinski definition) is 4. The van der Waals surface area contributed by atoms with Crippen LogP contribution in [0.3, 0.4) is 0 Å². The van der Waals surface area contributed by atoms with Crippen molar-refractivity contribution in [2.45, 2.75) is 6.92 Å². The van der Waals surface area contributed by atoms with Crippen molar-refractivity contribution in [3.63, 3.8) is 0 Å². The second-order valence-electron chi connectivity index (χ2n) is 6.30. The Kier molecular flexibility index (Phi) is 5.40. The van der Waals surface area contributed by atoms with Crippen molar-refractivity contribution < 1.29 is 18.0 Å². The van der Waals surface area contributed by atoms with E-state index < -0.39 is 28.4 Å². The Morgan fingerprint density at radius 1 is 1.13 bits per heavy atom. The average Bonchev–Trinajstić information content (AvgIpc) is 3.11. The molecule has 0 radical (unpaired) electrons. The first-order valence-corrected chi connectivity index (χ1v) is 9.99. The van der Waals surface area contributed by atoms with Gasteiger partial charge in [-0.2, -0.15) is 0 Å². The first kappa shape index (κ1) is 20.6. The molecule has 0 spiro atoms. The molecule has 0 bridgehead atoms. The number of aromatic nitrogens is 2. The van der Waals surface area contributed by atoms with E-state index in [9.17, 15) is 18.0 Å². The fourth-order valence-corrected chi connectivity index (χ4v) is 4.33. The second-order valence-corrected chi connectivity index (χ2v) is 8.14. The van der Waals surface area contributed by atoms with E-state index >= 15 is 0 Å². The number of carbonyl (C=O) groups excluding carboxylic acids is 1. The minimum atomic E-state index is -1.33. The van der Waals surface area contributed by atoms with Crippen molar-refractivity contribution in [2.75, 3.05) is 5.32 Å². The first-order chi connectivity index (χ1) is 14.2. The molecule has 2 aromatic carbocycles. The van der Waals surface area contributed by atoms with Crippen molar-refractivity contribution in [1.29, 1.82) is 0 Å². The lowest BCUT2D eigenvalue weighted by molar-refractivity contribution is 0.102. The number of carbonyl (C=O) groups is 1. The molecule has 0 unspecified atom stereocenters. The van der Waals surface area contributed by atoms with Crippen molar-refractivity contribution in [3.8, 4) is 10.6 Å². The van der Waals surface area contributed by atoms with E-state index in [2.05, 4.69) is 15.3 Å². The molecule has 152 valence electrons. The van der Waals surface area contributed by atoms with Gasteiger partial charge in [-0.05, 0) is 42.8 Å². The highest BCUT2D eigenvalue weighted by atomic mass is 35.5. The third-order valence-electron chi connectivity index (χ3n) is 4.34. The van der Waals surface area contributed by atoms with Crippen LogP contribution in [0, 0.1) is 24.4 Å². The van der Waals surface area contributed by atoms with Crippen LogP contribution in [0.5, 0.6) is 0 Å². The van der Waals surface area contributed by atoms with E-state index in [1.165, 1.54) is 23.6 Å². The fourth-order valence-electron chi connectivity index (χ4n) is 2.83. The first-order valence-electron chi connectivity index (χ1n) is 8.42. The maximum atomic E-state index is 14.3. The summed E-state index contributed by atoms with van der Waals surface area (Å²) in [5.74, 6) is -3.93. The van der Waals surface area contributed by atoms with Gasteiger partial charge >= 0.3 is 0 Å². The summed E-state index contributed by atoms with van der Waals surface area (Å²) in [7, 11) is 0. The van der Waals surface area contributed by atoms with E-state index in [4.69, 9.17) is 23.2 Å². The summed E-state index contributed by atoms with van der Waals surface area (Å²) >= 11 is 13.0. The maximum absolute atomic E-state index is 14.3. The summed E-state index contributed by atoms with van der Waals surface area (Å²) in [5.41, 5.74) is 1.29. The Hall–Kier alpha value is -2.68. The van der Waals surface area contributed by atoms with Crippen molar-refractivity contribution in [3.05, 3.63) is 75.2 Å². The van der Waals surface area contributed by atoms with Gasteiger partial charge in [0.25, 0.3) is 5.91 Å². The minimum absolute atomic E-state index is 0.140. The summed E-state index contributed by atoms with van der Waals surface area (Å²) in [4.78, 5) is 21.1. The fraction of sp³-hybridized carbons (Fsp3) is 0.0500. The predicted octanol–water partition coefficient (Wildman–Crippen LogP) is 6.64. The molecule has 1 N–H and O–H groups in total. The highest BCUT2D eigenvalue weighted by Gasteiger charge is 2.20. The zero-order valence-electron chi connectivity index (χ0n) is 15.1. The van der Waals surface area contributed by atoms with E-state index in [-0.39, 0.29) is 11.3 Å². The lowest BCUT2D eigenvalue weighted by Crippen LogP contribution is -2.14. The largest absolute Gasteiger partial charge is 0.322 e. The van der Waals surface area contributed by atoms with Crippen molar-refractivity contribution in [2.24, 2.45) is 0 Å². The molecule has 1 amide bonds. The number of thiazole rings is 1. The van der Waals surface area contributed by atoms with Crippen LogP contribution < -0.4 is 5.32 Å². The number of amides is 1. The van der Waals surface area contributed by atoms with Crippen LogP contribution in [0.25, 0.3) is 20.9 Å². The number of pyridine rings is 1. The monoisotopic (exact) mass is 467 g/mol. The van der Waals surface area contributed by atoms with Crippen molar-refractivity contribution >= 4 is 56.5 Å². The van der Waals surface area contributed by atoms with Gasteiger partial charge in [0, 0.05) is 17.4 Å². The third-order valence-corrected chi connectivity index (χ3v) is 5.95. The third kappa shape index (κ3) is 3.74. The summed E-state index contributed by atoms with van der Waals surface area (Å²) < 4.78 is 42.0.